The van der Waals surface area contributed by atoms with Crippen LogP contribution in [0.25, 0.3) is 10.6 Å². The van der Waals surface area contributed by atoms with Crippen LogP contribution in [0.3, 0.4) is 0 Å². The van der Waals surface area contributed by atoms with Crippen LogP contribution in [-0.4, -0.2) is 32.3 Å². The smallest absolute Gasteiger partial charge is 0.320 e. The second-order valence-electron chi connectivity index (χ2n) is 6.78. The van der Waals surface area contributed by atoms with Crippen molar-refractivity contribution < 1.29 is 17.9 Å². The molecule has 0 radical (unpaired) electrons. The summed E-state index contributed by atoms with van der Waals surface area (Å²) < 4.78 is 28.8. The lowest BCUT2D eigenvalue weighted by Gasteiger charge is -2.27. The molecule has 0 spiro atoms. The van der Waals surface area contributed by atoms with E-state index >= 15 is 0 Å². The van der Waals surface area contributed by atoms with Crippen molar-refractivity contribution >= 4 is 44.6 Å². The van der Waals surface area contributed by atoms with Crippen LogP contribution in [0.5, 0.6) is 5.75 Å². The Hall–Kier alpha value is -2.62. The van der Waals surface area contributed by atoms with Gasteiger partial charge in [-0.15, -0.1) is 11.3 Å². The van der Waals surface area contributed by atoms with Gasteiger partial charge in [-0.1, -0.05) is 35.9 Å². The summed E-state index contributed by atoms with van der Waals surface area (Å²) in [5.41, 5.74) is 1.61. The first-order valence-electron chi connectivity index (χ1n) is 9.06. The number of amides is 2. The van der Waals surface area contributed by atoms with Gasteiger partial charge in [0.25, 0.3) is 0 Å². The molecule has 4 rings (SSSR count). The molecule has 0 fully saturated rings. The van der Waals surface area contributed by atoms with Crippen LogP contribution < -0.4 is 15.4 Å². The number of anilines is 1. The molecule has 0 aliphatic carbocycles. The molecule has 0 unspecified atom stereocenters. The number of para-hydroxylation sites is 1. The lowest BCUT2D eigenvalue weighted by molar-refractivity contribution is 0.232. The standard InChI is InChI=1S/C20H18ClN3O4S2/c1-30(26,27)13-7-5-12(6-8-13)19-23-17(11-29-19)24-20(25)22-16-9-10-28-18-14(16)3-2-4-15(18)21/h2-8,11,16H,9-10H2,1H3,(H2,22,24,25)/t16-/m0/s1. The summed E-state index contributed by atoms with van der Waals surface area (Å²) in [6, 6.07) is 11.3. The first kappa shape index (κ1) is 20.6. The molecule has 2 heterocycles. The Morgan fingerprint density at radius 1 is 1.23 bits per heavy atom. The number of benzene rings is 2. The molecule has 0 saturated carbocycles. The SMILES string of the molecule is CS(=O)(=O)c1ccc(-c2nc(NC(=O)N[C@H]3CCOc4c(Cl)cccc43)cs2)cc1. The molecular formula is C20H18ClN3O4S2. The van der Waals surface area contributed by atoms with Crippen LogP contribution in [0, 0.1) is 0 Å². The van der Waals surface area contributed by atoms with Crippen molar-refractivity contribution in [2.75, 3.05) is 18.2 Å². The fourth-order valence-electron chi connectivity index (χ4n) is 3.16. The summed E-state index contributed by atoms with van der Waals surface area (Å²) in [6.45, 7) is 0.464. The number of thiazole rings is 1. The Morgan fingerprint density at radius 2 is 2.00 bits per heavy atom. The van der Waals surface area contributed by atoms with E-state index in [1.54, 1.807) is 35.7 Å². The zero-order chi connectivity index (χ0) is 21.3. The van der Waals surface area contributed by atoms with E-state index in [2.05, 4.69) is 15.6 Å². The molecule has 0 bridgehead atoms. The van der Waals surface area contributed by atoms with Crippen LogP contribution >= 0.6 is 22.9 Å². The number of nitrogens with zero attached hydrogens (tertiary/aromatic N) is 1. The van der Waals surface area contributed by atoms with E-state index in [-0.39, 0.29) is 17.0 Å². The highest BCUT2D eigenvalue weighted by molar-refractivity contribution is 7.90. The fourth-order valence-corrected chi connectivity index (χ4v) is 4.78. The molecule has 3 aromatic rings. The average molecular weight is 464 g/mol. The largest absolute Gasteiger partial charge is 0.492 e. The predicted octanol–water partition coefficient (Wildman–Crippen LogP) is 4.51. The molecular weight excluding hydrogens is 446 g/mol. The minimum absolute atomic E-state index is 0.214. The van der Waals surface area contributed by atoms with Gasteiger partial charge in [-0.3, -0.25) is 5.32 Å². The summed E-state index contributed by atoms with van der Waals surface area (Å²) in [5.74, 6) is 1.02. The van der Waals surface area contributed by atoms with E-state index < -0.39 is 9.84 Å². The van der Waals surface area contributed by atoms with Gasteiger partial charge in [0.15, 0.2) is 9.84 Å². The molecule has 2 N–H and O–H groups in total. The number of hydrogen-bond acceptors (Lipinski definition) is 6. The van der Waals surface area contributed by atoms with E-state index in [9.17, 15) is 13.2 Å². The number of urea groups is 1. The number of fused-ring (bicyclic) bond motifs is 1. The molecule has 1 aromatic heterocycles. The second kappa shape index (κ2) is 8.25. The predicted molar refractivity (Wildman–Crippen MR) is 117 cm³/mol. The van der Waals surface area contributed by atoms with Crippen molar-refractivity contribution in [3.8, 4) is 16.3 Å². The van der Waals surface area contributed by atoms with Crippen molar-refractivity contribution in [2.24, 2.45) is 0 Å². The maximum absolute atomic E-state index is 12.5. The van der Waals surface area contributed by atoms with Gasteiger partial charge in [-0.05, 0) is 18.2 Å². The second-order valence-corrected chi connectivity index (χ2v) is 10.1. The third-order valence-corrected chi connectivity index (χ3v) is 6.92. The maximum Gasteiger partial charge on any atom is 0.320 e. The molecule has 2 amide bonds. The van der Waals surface area contributed by atoms with Crippen molar-refractivity contribution in [3.05, 3.63) is 58.4 Å². The Labute approximate surface area is 183 Å². The summed E-state index contributed by atoms with van der Waals surface area (Å²) in [4.78, 5) is 17.1. The van der Waals surface area contributed by atoms with E-state index in [1.807, 2.05) is 12.1 Å². The van der Waals surface area contributed by atoms with Crippen LogP contribution in [0.4, 0.5) is 10.6 Å². The lowest BCUT2D eigenvalue weighted by Crippen LogP contribution is -2.35. The topological polar surface area (TPSA) is 97.4 Å². The van der Waals surface area contributed by atoms with Gasteiger partial charge in [0.1, 0.15) is 16.6 Å². The Morgan fingerprint density at radius 3 is 2.73 bits per heavy atom. The van der Waals surface area contributed by atoms with Crippen molar-refractivity contribution in [1.29, 1.82) is 0 Å². The first-order chi connectivity index (χ1) is 14.3. The van der Waals surface area contributed by atoms with E-state index in [4.69, 9.17) is 16.3 Å². The van der Waals surface area contributed by atoms with Gasteiger partial charge < -0.3 is 10.1 Å². The van der Waals surface area contributed by atoms with Gasteiger partial charge in [-0.25, -0.2) is 18.2 Å². The third kappa shape index (κ3) is 4.43. The van der Waals surface area contributed by atoms with Crippen molar-refractivity contribution in [1.82, 2.24) is 10.3 Å². The molecule has 0 saturated heterocycles. The monoisotopic (exact) mass is 463 g/mol. The number of hydrogen-bond donors (Lipinski definition) is 2. The molecule has 1 aliphatic heterocycles. The number of aromatic nitrogens is 1. The fraction of sp³-hybridized carbons (Fsp3) is 0.200. The number of ether oxygens (including phenoxy) is 1. The number of carbonyl (C=O) groups is 1. The van der Waals surface area contributed by atoms with Crippen LogP contribution in [-0.2, 0) is 9.84 Å². The van der Waals surface area contributed by atoms with Gasteiger partial charge in [0.05, 0.1) is 22.6 Å². The third-order valence-electron chi connectivity index (χ3n) is 4.61. The molecule has 7 nitrogen and oxygen atoms in total. The summed E-state index contributed by atoms with van der Waals surface area (Å²) in [5, 5.41) is 8.60. The summed E-state index contributed by atoms with van der Waals surface area (Å²) >= 11 is 7.53. The number of carbonyl (C=O) groups excluding carboxylic acids is 1. The Balaban J connectivity index is 1.43. The highest BCUT2D eigenvalue weighted by atomic mass is 35.5. The Bertz CT molecular complexity index is 1190. The molecule has 156 valence electrons. The minimum atomic E-state index is -3.25. The molecule has 1 aliphatic rings. The quantitative estimate of drug-likeness (QED) is 0.593. The molecule has 10 heteroatoms. The lowest BCUT2D eigenvalue weighted by atomic mass is 10.0. The highest BCUT2D eigenvalue weighted by Gasteiger charge is 2.25. The molecule has 2 aromatic carbocycles. The Kier molecular flexibility index (Phi) is 5.68. The van der Waals surface area contributed by atoms with E-state index in [0.29, 0.717) is 34.6 Å². The number of rotatable bonds is 4. The van der Waals surface area contributed by atoms with Gasteiger partial charge in [-0.2, -0.15) is 0 Å². The number of nitrogens with one attached hydrogen (secondary N) is 2. The highest BCUT2D eigenvalue weighted by Crippen LogP contribution is 2.37. The van der Waals surface area contributed by atoms with Crippen molar-refractivity contribution in [3.63, 3.8) is 0 Å². The number of halogens is 1. The average Bonchev–Trinajstić information content (AvgIpc) is 3.16. The molecule has 30 heavy (non-hydrogen) atoms. The maximum atomic E-state index is 12.5. The minimum Gasteiger partial charge on any atom is -0.492 e. The molecule has 1 atom stereocenters. The first-order valence-corrected chi connectivity index (χ1v) is 12.2. The van der Waals surface area contributed by atoms with Crippen LogP contribution in [0.2, 0.25) is 5.02 Å². The zero-order valence-electron chi connectivity index (χ0n) is 15.9. The van der Waals surface area contributed by atoms with Gasteiger partial charge in [0.2, 0.25) is 0 Å². The van der Waals surface area contributed by atoms with Crippen LogP contribution in [0.15, 0.2) is 52.7 Å². The van der Waals surface area contributed by atoms with Gasteiger partial charge >= 0.3 is 6.03 Å². The zero-order valence-corrected chi connectivity index (χ0v) is 18.3. The number of sulfone groups is 1. The normalized spacial score (nSPS) is 15.7. The van der Waals surface area contributed by atoms with E-state index in [0.717, 1.165) is 17.4 Å². The van der Waals surface area contributed by atoms with E-state index in [1.165, 1.54) is 11.3 Å². The summed E-state index contributed by atoms with van der Waals surface area (Å²) in [7, 11) is -3.25. The van der Waals surface area contributed by atoms with Crippen LogP contribution in [0.1, 0.15) is 18.0 Å². The van der Waals surface area contributed by atoms with Gasteiger partial charge in [0, 0.05) is 29.2 Å². The van der Waals surface area contributed by atoms with Crippen molar-refractivity contribution in [2.45, 2.75) is 17.4 Å². The summed E-state index contributed by atoms with van der Waals surface area (Å²) in [6.07, 6.45) is 1.80.